The van der Waals surface area contributed by atoms with Gasteiger partial charge < -0.3 is 5.32 Å². The first kappa shape index (κ1) is 17.8. The number of aromatic nitrogens is 1. The van der Waals surface area contributed by atoms with Gasteiger partial charge in [-0.1, -0.05) is 0 Å². The summed E-state index contributed by atoms with van der Waals surface area (Å²) < 4.78 is 37.3. The van der Waals surface area contributed by atoms with E-state index in [1.54, 1.807) is 0 Å². The maximum Gasteiger partial charge on any atom is 0.417 e. The highest BCUT2D eigenvalue weighted by molar-refractivity contribution is 6.04. The van der Waals surface area contributed by atoms with Crippen LogP contribution < -0.4 is 5.32 Å². The molecule has 1 aromatic heterocycles. The van der Waals surface area contributed by atoms with E-state index in [4.69, 9.17) is 0 Å². The molecule has 0 saturated heterocycles. The van der Waals surface area contributed by atoms with Crippen LogP contribution in [0, 0.1) is 20.2 Å². The number of alkyl halides is 3. The molecule has 12 heteroatoms. The normalized spacial score (nSPS) is 11.0. The van der Waals surface area contributed by atoms with Crippen molar-refractivity contribution in [3.8, 4) is 0 Å². The lowest BCUT2D eigenvalue weighted by Crippen LogP contribution is -2.14. The quantitative estimate of drug-likeness (QED) is 0.662. The molecule has 0 aliphatic carbocycles. The van der Waals surface area contributed by atoms with Crippen molar-refractivity contribution in [2.45, 2.75) is 6.18 Å². The maximum atomic E-state index is 12.4. The van der Waals surface area contributed by atoms with Gasteiger partial charge in [-0.3, -0.25) is 25.0 Å². The van der Waals surface area contributed by atoms with E-state index in [0.717, 1.165) is 18.2 Å². The van der Waals surface area contributed by atoms with Gasteiger partial charge in [-0.25, -0.2) is 4.98 Å². The molecule has 1 heterocycles. The third-order valence-corrected chi connectivity index (χ3v) is 2.92. The van der Waals surface area contributed by atoms with Gasteiger partial charge in [-0.15, -0.1) is 0 Å². The number of nitro benzene ring substituents is 2. The molecule has 0 unspecified atom stereocenters. The number of pyridine rings is 1. The summed E-state index contributed by atoms with van der Waals surface area (Å²) in [5.74, 6) is -1.26. The zero-order chi connectivity index (χ0) is 18.8. The minimum absolute atomic E-state index is 0.257. The molecule has 25 heavy (non-hydrogen) atoms. The minimum atomic E-state index is -4.60. The van der Waals surface area contributed by atoms with E-state index >= 15 is 0 Å². The highest BCUT2D eigenvalue weighted by Crippen LogP contribution is 2.29. The van der Waals surface area contributed by atoms with E-state index in [1.807, 2.05) is 0 Å². The number of hydrogen-bond acceptors (Lipinski definition) is 6. The Balaban J connectivity index is 2.28. The topological polar surface area (TPSA) is 128 Å². The molecule has 0 bridgehead atoms. The van der Waals surface area contributed by atoms with Gasteiger partial charge in [-0.2, -0.15) is 13.2 Å². The first-order valence-electron chi connectivity index (χ1n) is 6.36. The molecule has 9 nitrogen and oxygen atoms in total. The molecule has 1 aromatic carbocycles. The van der Waals surface area contributed by atoms with Crippen LogP contribution in [-0.4, -0.2) is 20.7 Å². The molecule has 0 atom stereocenters. The summed E-state index contributed by atoms with van der Waals surface area (Å²) in [5.41, 5.74) is -2.81. The van der Waals surface area contributed by atoms with Crippen molar-refractivity contribution in [3.63, 3.8) is 0 Å². The summed E-state index contributed by atoms with van der Waals surface area (Å²) in [6.07, 6.45) is -4.11. The second-order valence-electron chi connectivity index (χ2n) is 4.64. The molecule has 0 fully saturated rings. The lowest BCUT2D eigenvalue weighted by molar-refractivity contribution is -0.394. The fourth-order valence-corrected chi connectivity index (χ4v) is 1.76. The van der Waals surface area contributed by atoms with Crippen LogP contribution in [0.15, 0.2) is 36.5 Å². The van der Waals surface area contributed by atoms with Crippen molar-refractivity contribution in [1.29, 1.82) is 0 Å². The van der Waals surface area contributed by atoms with Crippen LogP contribution in [0.2, 0.25) is 0 Å². The smallest absolute Gasteiger partial charge is 0.307 e. The molecule has 1 N–H and O–H groups in total. The van der Waals surface area contributed by atoms with Crippen LogP contribution in [0.1, 0.15) is 15.9 Å². The molecule has 0 saturated carbocycles. The van der Waals surface area contributed by atoms with Crippen molar-refractivity contribution in [1.82, 2.24) is 4.98 Å². The van der Waals surface area contributed by atoms with Crippen molar-refractivity contribution in [3.05, 3.63) is 67.9 Å². The minimum Gasteiger partial charge on any atom is -0.307 e. The van der Waals surface area contributed by atoms with Crippen LogP contribution in [-0.2, 0) is 6.18 Å². The number of nitrogens with zero attached hydrogens (tertiary/aromatic N) is 3. The third-order valence-electron chi connectivity index (χ3n) is 2.92. The number of non-ortho nitro benzene ring substituents is 2. The zero-order valence-corrected chi connectivity index (χ0v) is 12.0. The first-order valence-corrected chi connectivity index (χ1v) is 6.36. The molecule has 0 spiro atoms. The summed E-state index contributed by atoms with van der Waals surface area (Å²) in [5, 5.41) is 23.7. The molecular formula is C13H7F3N4O5. The maximum absolute atomic E-state index is 12.4. The molecular weight excluding hydrogens is 349 g/mol. The van der Waals surface area contributed by atoms with E-state index in [2.05, 4.69) is 10.3 Å². The number of amides is 1. The molecule has 2 aromatic rings. The van der Waals surface area contributed by atoms with E-state index in [-0.39, 0.29) is 5.82 Å². The molecule has 0 aliphatic heterocycles. The predicted molar refractivity (Wildman–Crippen MR) is 76.9 cm³/mol. The number of rotatable bonds is 4. The standard InChI is InChI=1S/C13H7F3N4O5/c14-13(15,16)8-1-2-11(17-6-8)18-12(21)7-3-9(19(22)23)5-10(4-7)20(24)25/h1-6H,(H,17,18,21). The van der Waals surface area contributed by atoms with E-state index in [0.29, 0.717) is 18.3 Å². The Morgan fingerprint density at radius 3 is 2.00 bits per heavy atom. The lowest BCUT2D eigenvalue weighted by Gasteiger charge is -2.08. The summed E-state index contributed by atoms with van der Waals surface area (Å²) in [6, 6.07) is 3.83. The van der Waals surface area contributed by atoms with Gasteiger partial charge in [0.25, 0.3) is 17.3 Å². The fourth-order valence-electron chi connectivity index (χ4n) is 1.76. The number of carbonyl (C=O) groups excluding carboxylic acids is 1. The summed E-state index contributed by atoms with van der Waals surface area (Å²) in [7, 11) is 0. The Bertz CT molecular complexity index is 819. The second-order valence-corrected chi connectivity index (χ2v) is 4.64. The number of anilines is 1. The zero-order valence-electron chi connectivity index (χ0n) is 12.0. The van der Waals surface area contributed by atoms with Gasteiger partial charge in [0.05, 0.1) is 27.0 Å². The number of nitro groups is 2. The molecule has 130 valence electrons. The van der Waals surface area contributed by atoms with Crippen molar-refractivity contribution in [2.24, 2.45) is 0 Å². The number of halogens is 3. The molecule has 2 rings (SSSR count). The number of carbonyl (C=O) groups is 1. The Kier molecular flexibility index (Phi) is 4.63. The highest BCUT2D eigenvalue weighted by Gasteiger charge is 2.30. The average molecular weight is 356 g/mol. The Hall–Kier alpha value is -3.57. The van der Waals surface area contributed by atoms with Crippen LogP contribution >= 0.6 is 0 Å². The largest absolute Gasteiger partial charge is 0.417 e. The average Bonchev–Trinajstić information content (AvgIpc) is 2.53. The lowest BCUT2D eigenvalue weighted by atomic mass is 10.1. The molecule has 1 amide bonds. The molecule has 0 radical (unpaired) electrons. The summed E-state index contributed by atoms with van der Waals surface area (Å²) >= 11 is 0. The van der Waals surface area contributed by atoms with Crippen LogP contribution in [0.5, 0.6) is 0 Å². The SMILES string of the molecule is O=C(Nc1ccc(C(F)(F)F)cn1)c1cc([N+](=O)[O-])cc([N+](=O)[O-])c1. The second kappa shape index (κ2) is 6.51. The van der Waals surface area contributed by atoms with E-state index in [9.17, 15) is 38.2 Å². The third kappa shape index (κ3) is 4.25. The molecule has 0 aliphatic rings. The van der Waals surface area contributed by atoms with Gasteiger partial charge in [0.15, 0.2) is 0 Å². The number of benzene rings is 1. The number of nitrogens with one attached hydrogen (secondary N) is 1. The summed E-state index contributed by atoms with van der Waals surface area (Å²) in [4.78, 5) is 35.1. The highest BCUT2D eigenvalue weighted by atomic mass is 19.4. The van der Waals surface area contributed by atoms with Crippen LogP contribution in [0.3, 0.4) is 0 Å². The Labute approximate surface area is 136 Å². The predicted octanol–water partition coefficient (Wildman–Crippen LogP) is 3.17. The number of hydrogen-bond donors (Lipinski definition) is 1. The fraction of sp³-hybridized carbons (Fsp3) is 0.0769. The Morgan fingerprint density at radius 2 is 1.60 bits per heavy atom. The monoisotopic (exact) mass is 356 g/mol. The van der Waals surface area contributed by atoms with Gasteiger partial charge in [0.1, 0.15) is 5.82 Å². The van der Waals surface area contributed by atoms with Crippen molar-refractivity contribution >= 4 is 23.1 Å². The summed E-state index contributed by atoms with van der Waals surface area (Å²) in [6.45, 7) is 0. The Morgan fingerprint density at radius 1 is 1.04 bits per heavy atom. The van der Waals surface area contributed by atoms with Crippen molar-refractivity contribution in [2.75, 3.05) is 5.32 Å². The van der Waals surface area contributed by atoms with Crippen molar-refractivity contribution < 1.29 is 27.8 Å². The van der Waals surface area contributed by atoms with Gasteiger partial charge >= 0.3 is 6.18 Å². The first-order chi connectivity index (χ1) is 11.6. The van der Waals surface area contributed by atoms with E-state index < -0.39 is 44.4 Å². The van der Waals surface area contributed by atoms with E-state index in [1.165, 1.54) is 0 Å². The van der Waals surface area contributed by atoms with Gasteiger partial charge in [0, 0.05) is 18.3 Å². The van der Waals surface area contributed by atoms with Crippen LogP contribution in [0.25, 0.3) is 0 Å². The van der Waals surface area contributed by atoms with Gasteiger partial charge in [-0.05, 0) is 12.1 Å². The van der Waals surface area contributed by atoms with Crippen LogP contribution in [0.4, 0.5) is 30.4 Å². The van der Waals surface area contributed by atoms with Gasteiger partial charge in [0.2, 0.25) is 0 Å².